The molecule has 1 amide bonds. The molecule has 2 heterocycles. The normalized spacial score (nSPS) is 19.9. The van der Waals surface area contributed by atoms with Crippen LogP contribution in [0.5, 0.6) is 5.75 Å². The van der Waals surface area contributed by atoms with Crippen LogP contribution >= 0.6 is 11.8 Å². The van der Waals surface area contributed by atoms with Crippen LogP contribution in [-0.2, 0) is 4.79 Å². The first-order valence-electron chi connectivity index (χ1n) is 10.7. The van der Waals surface area contributed by atoms with Crippen LogP contribution in [0.4, 0.5) is 5.82 Å². The number of aryl methyl sites for hydroxylation is 1. The summed E-state index contributed by atoms with van der Waals surface area (Å²) in [5, 5.41) is 0.729. The standard InChI is InChI=1S/C25H27N3O2S/c1-3-16-30-21-14-12-19(13-15-21)17-22-24(29)28(20-9-5-4-6-10-20)25(31-22)27-23-11-7-8-18(2)26-23/h3,7-8,11-15,17,20H,1,4-6,9-10,16H2,2H3/b22-17-,27-25+. The van der Waals surface area contributed by atoms with Crippen LogP contribution in [0.2, 0.25) is 0 Å². The molecule has 1 aliphatic heterocycles. The Bertz CT molecular complexity index is 1010. The van der Waals surface area contributed by atoms with Gasteiger partial charge in [-0.05, 0) is 67.4 Å². The zero-order chi connectivity index (χ0) is 21.6. The molecule has 2 aromatic rings. The predicted molar refractivity (Wildman–Crippen MR) is 127 cm³/mol. The van der Waals surface area contributed by atoms with E-state index in [1.165, 1.54) is 18.2 Å². The fourth-order valence-corrected chi connectivity index (χ4v) is 4.93. The van der Waals surface area contributed by atoms with E-state index < -0.39 is 0 Å². The Balaban J connectivity index is 1.62. The molecule has 1 saturated heterocycles. The van der Waals surface area contributed by atoms with Gasteiger partial charge in [-0.15, -0.1) is 0 Å². The average molecular weight is 434 g/mol. The summed E-state index contributed by atoms with van der Waals surface area (Å²) >= 11 is 1.44. The number of carbonyl (C=O) groups is 1. The second kappa shape index (κ2) is 9.96. The van der Waals surface area contributed by atoms with E-state index in [1.54, 1.807) is 6.08 Å². The largest absolute Gasteiger partial charge is 0.490 e. The van der Waals surface area contributed by atoms with Crippen molar-refractivity contribution in [3.05, 3.63) is 71.3 Å². The quantitative estimate of drug-likeness (QED) is 0.421. The van der Waals surface area contributed by atoms with Gasteiger partial charge in [0.25, 0.3) is 5.91 Å². The third-order valence-corrected chi connectivity index (χ3v) is 6.39. The van der Waals surface area contributed by atoms with Crippen LogP contribution in [0.3, 0.4) is 0 Å². The second-order valence-corrected chi connectivity index (χ2v) is 8.79. The van der Waals surface area contributed by atoms with Gasteiger partial charge < -0.3 is 4.74 Å². The van der Waals surface area contributed by atoms with Crippen LogP contribution in [0.15, 0.2) is 65.0 Å². The van der Waals surface area contributed by atoms with E-state index >= 15 is 0 Å². The number of pyridine rings is 1. The molecule has 0 radical (unpaired) electrons. The number of ether oxygens (including phenoxy) is 1. The smallest absolute Gasteiger partial charge is 0.267 e. The first-order chi connectivity index (χ1) is 15.1. The van der Waals surface area contributed by atoms with Crippen molar-refractivity contribution in [2.75, 3.05) is 6.61 Å². The Morgan fingerprint density at radius 2 is 1.97 bits per heavy atom. The molecule has 1 aliphatic carbocycles. The Labute approximate surface area is 187 Å². The van der Waals surface area contributed by atoms with E-state index in [2.05, 4.69) is 11.6 Å². The fraction of sp³-hybridized carbons (Fsp3) is 0.320. The summed E-state index contributed by atoms with van der Waals surface area (Å²) in [4.78, 5) is 25.3. The van der Waals surface area contributed by atoms with Crippen LogP contribution < -0.4 is 4.74 Å². The van der Waals surface area contributed by atoms with E-state index in [1.807, 2.05) is 60.4 Å². The molecule has 0 bridgehead atoms. The predicted octanol–water partition coefficient (Wildman–Crippen LogP) is 5.89. The number of aromatic nitrogens is 1. The van der Waals surface area contributed by atoms with Gasteiger partial charge in [0.2, 0.25) is 0 Å². The lowest BCUT2D eigenvalue weighted by Gasteiger charge is -2.30. The van der Waals surface area contributed by atoms with Gasteiger partial charge in [-0.2, -0.15) is 0 Å². The molecule has 6 heteroatoms. The number of hydrogen-bond donors (Lipinski definition) is 0. The number of nitrogens with zero attached hydrogens (tertiary/aromatic N) is 3. The Morgan fingerprint density at radius 1 is 1.19 bits per heavy atom. The van der Waals surface area contributed by atoms with Crippen molar-refractivity contribution in [1.29, 1.82) is 0 Å². The molecule has 0 unspecified atom stereocenters. The van der Waals surface area contributed by atoms with Gasteiger partial charge in [-0.1, -0.05) is 50.1 Å². The van der Waals surface area contributed by atoms with Gasteiger partial charge in [0, 0.05) is 11.7 Å². The molecule has 160 valence electrons. The van der Waals surface area contributed by atoms with Crippen molar-refractivity contribution in [3.8, 4) is 5.75 Å². The highest BCUT2D eigenvalue weighted by atomic mass is 32.2. The van der Waals surface area contributed by atoms with Crippen molar-refractivity contribution in [2.45, 2.75) is 45.1 Å². The number of benzene rings is 1. The van der Waals surface area contributed by atoms with E-state index in [4.69, 9.17) is 9.73 Å². The van der Waals surface area contributed by atoms with Crippen LogP contribution in [0.1, 0.15) is 43.4 Å². The first kappa shape index (κ1) is 21.4. The summed E-state index contributed by atoms with van der Waals surface area (Å²) in [6.45, 7) is 6.08. The summed E-state index contributed by atoms with van der Waals surface area (Å²) in [5.74, 6) is 1.46. The van der Waals surface area contributed by atoms with Crippen LogP contribution in [0.25, 0.3) is 6.08 Å². The maximum Gasteiger partial charge on any atom is 0.267 e. The lowest BCUT2D eigenvalue weighted by atomic mass is 9.94. The zero-order valence-corrected chi connectivity index (χ0v) is 18.6. The number of rotatable bonds is 6. The molecule has 31 heavy (non-hydrogen) atoms. The number of hydrogen-bond acceptors (Lipinski definition) is 5. The van der Waals surface area contributed by atoms with Gasteiger partial charge in [-0.3, -0.25) is 9.69 Å². The van der Waals surface area contributed by atoms with Crippen molar-refractivity contribution in [1.82, 2.24) is 9.88 Å². The van der Waals surface area contributed by atoms with Crippen molar-refractivity contribution in [3.63, 3.8) is 0 Å². The van der Waals surface area contributed by atoms with Crippen molar-refractivity contribution < 1.29 is 9.53 Å². The topological polar surface area (TPSA) is 54.8 Å². The van der Waals surface area contributed by atoms with Crippen molar-refractivity contribution >= 4 is 34.7 Å². The molecule has 2 aliphatic rings. The SMILES string of the molecule is C=CCOc1ccc(/C=C2\S/C(=N/c3cccc(C)n3)N(C3CCCCC3)C2=O)cc1. The zero-order valence-electron chi connectivity index (χ0n) is 17.8. The lowest BCUT2D eigenvalue weighted by molar-refractivity contribution is -0.124. The Morgan fingerprint density at radius 3 is 2.68 bits per heavy atom. The minimum Gasteiger partial charge on any atom is -0.490 e. The maximum atomic E-state index is 13.4. The van der Waals surface area contributed by atoms with E-state index in [0.717, 1.165) is 47.9 Å². The molecule has 0 atom stereocenters. The third kappa shape index (κ3) is 5.25. The number of carbonyl (C=O) groups excluding carboxylic acids is 1. The monoisotopic (exact) mass is 433 g/mol. The van der Waals surface area contributed by atoms with Gasteiger partial charge in [0.05, 0.1) is 4.91 Å². The number of aliphatic imine (C=N–C) groups is 1. The molecule has 1 aromatic heterocycles. The highest BCUT2D eigenvalue weighted by molar-refractivity contribution is 8.18. The molecule has 2 fully saturated rings. The third-order valence-electron chi connectivity index (χ3n) is 5.41. The summed E-state index contributed by atoms with van der Waals surface area (Å²) in [6.07, 6.45) is 9.24. The minimum atomic E-state index is 0.0373. The molecular formula is C25H27N3O2S. The Kier molecular flexibility index (Phi) is 6.87. The summed E-state index contributed by atoms with van der Waals surface area (Å²) < 4.78 is 5.55. The minimum absolute atomic E-state index is 0.0373. The molecular weight excluding hydrogens is 406 g/mol. The number of amides is 1. The molecule has 1 saturated carbocycles. The van der Waals surface area contributed by atoms with E-state index in [-0.39, 0.29) is 11.9 Å². The number of amidine groups is 1. The van der Waals surface area contributed by atoms with E-state index in [9.17, 15) is 4.79 Å². The second-order valence-electron chi connectivity index (χ2n) is 7.78. The highest BCUT2D eigenvalue weighted by Crippen LogP contribution is 2.38. The number of thioether (sulfide) groups is 1. The summed E-state index contributed by atoms with van der Waals surface area (Å²) in [6, 6.07) is 13.7. The van der Waals surface area contributed by atoms with E-state index in [0.29, 0.717) is 17.3 Å². The van der Waals surface area contributed by atoms with Gasteiger partial charge in [-0.25, -0.2) is 9.98 Å². The first-order valence-corrected chi connectivity index (χ1v) is 11.5. The Hall–Kier alpha value is -2.86. The van der Waals surface area contributed by atoms with Gasteiger partial charge >= 0.3 is 0 Å². The maximum absolute atomic E-state index is 13.4. The van der Waals surface area contributed by atoms with Crippen molar-refractivity contribution in [2.24, 2.45) is 4.99 Å². The van der Waals surface area contributed by atoms with Crippen LogP contribution in [-0.4, -0.2) is 33.6 Å². The molecule has 1 aromatic carbocycles. The molecule has 0 N–H and O–H groups in total. The fourth-order valence-electron chi connectivity index (χ4n) is 3.88. The molecule has 0 spiro atoms. The molecule has 4 rings (SSSR count). The van der Waals surface area contributed by atoms with Gasteiger partial charge in [0.1, 0.15) is 12.4 Å². The average Bonchev–Trinajstić information content (AvgIpc) is 3.08. The van der Waals surface area contributed by atoms with Gasteiger partial charge in [0.15, 0.2) is 11.0 Å². The van der Waals surface area contributed by atoms with Crippen LogP contribution in [0, 0.1) is 6.92 Å². The summed E-state index contributed by atoms with van der Waals surface area (Å²) in [7, 11) is 0. The highest BCUT2D eigenvalue weighted by Gasteiger charge is 2.38. The lowest BCUT2D eigenvalue weighted by Crippen LogP contribution is -2.40. The molecule has 5 nitrogen and oxygen atoms in total. The summed E-state index contributed by atoms with van der Waals surface area (Å²) in [5.41, 5.74) is 1.87.